The van der Waals surface area contributed by atoms with Crippen molar-refractivity contribution in [2.24, 2.45) is 0 Å². The van der Waals surface area contributed by atoms with Crippen LogP contribution in [0.25, 0.3) is 0 Å². The van der Waals surface area contributed by atoms with Gasteiger partial charge in [0.1, 0.15) is 5.69 Å². The van der Waals surface area contributed by atoms with Crippen LogP contribution in [0.2, 0.25) is 0 Å². The zero-order valence-electron chi connectivity index (χ0n) is 12.5. The van der Waals surface area contributed by atoms with Crippen LogP contribution in [-0.2, 0) is 12.3 Å². The number of thioether (sulfide) groups is 1. The van der Waals surface area contributed by atoms with Gasteiger partial charge in [0.15, 0.2) is 0 Å². The molecule has 118 valence electrons. The highest BCUT2D eigenvalue weighted by molar-refractivity contribution is 7.98. The molecular formula is C15H15N5O2S. The van der Waals surface area contributed by atoms with Crippen LogP contribution >= 0.6 is 11.8 Å². The number of aromatic nitrogens is 4. The average Bonchev–Trinajstić information content (AvgIpc) is 3.22. The number of benzene rings is 1. The number of carbonyl (C=O) groups excluding carboxylic acids is 1. The number of anilines is 1. The Morgan fingerprint density at radius 2 is 2.09 bits per heavy atom. The number of aryl methyl sites for hydroxylation is 1. The Labute approximate surface area is 137 Å². The molecule has 0 aliphatic heterocycles. The van der Waals surface area contributed by atoms with Crippen molar-refractivity contribution >= 4 is 23.7 Å². The lowest BCUT2D eigenvalue weighted by Gasteiger charge is -2.02. The van der Waals surface area contributed by atoms with Crippen molar-refractivity contribution < 1.29 is 9.21 Å². The fourth-order valence-corrected chi connectivity index (χ4v) is 2.72. The molecular weight excluding hydrogens is 314 g/mol. The molecule has 0 aliphatic rings. The van der Waals surface area contributed by atoms with E-state index in [0.717, 1.165) is 4.90 Å². The average molecular weight is 329 g/mol. The van der Waals surface area contributed by atoms with E-state index in [1.807, 2.05) is 37.3 Å². The first-order valence-electron chi connectivity index (χ1n) is 7.09. The molecule has 2 heterocycles. The van der Waals surface area contributed by atoms with Crippen molar-refractivity contribution in [3.63, 3.8) is 0 Å². The molecule has 0 spiro atoms. The summed E-state index contributed by atoms with van der Waals surface area (Å²) in [5.41, 5.74) is 0.450. The van der Waals surface area contributed by atoms with Crippen molar-refractivity contribution in [1.82, 2.24) is 20.0 Å². The van der Waals surface area contributed by atoms with Gasteiger partial charge in [-0.15, -0.1) is 16.9 Å². The molecule has 3 aromatic rings. The van der Waals surface area contributed by atoms with Crippen LogP contribution in [0.3, 0.4) is 0 Å². The largest absolute Gasteiger partial charge is 0.407 e. The first-order chi connectivity index (χ1) is 11.3. The summed E-state index contributed by atoms with van der Waals surface area (Å²) in [6, 6.07) is 11.7. The normalized spacial score (nSPS) is 10.7. The first kappa shape index (κ1) is 15.3. The molecule has 3 rings (SSSR count). The van der Waals surface area contributed by atoms with Gasteiger partial charge in [-0.2, -0.15) is 5.10 Å². The topological polar surface area (TPSA) is 85.8 Å². The minimum atomic E-state index is -0.324. The summed E-state index contributed by atoms with van der Waals surface area (Å²) in [6.07, 6.45) is 1.58. The van der Waals surface area contributed by atoms with Crippen LogP contribution in [0.1, 0.15) is 23.3 Å². The summed E-state index contributed by atoms with van der Waals surface area (Å²) in [4.78, 5) is 13.3. The van der Waals surface area contributed by atoms with Gasteiger partial charge in [-0.25, -0.2) is 0 Å². The third-order valence-corrected chi connectivity index (χ3v) is 4.04. The van der Waals surface area contributed by atoms with E-state index >= 15 is 0 Å². The Morgan fingerprint density at radius 1 is 1.26 bits per heavy atom. The third-order valence-electron chi connectivity index (χ3n) is 3.04. The van der Waals surface area contributed by atoms with E-state index in [1.165, 1.54) is 0 Å². The second-order valence-electron chi connectivity index (χ2n) is 4.59. The molecule has 1 N–H and O–H groups in total. The van der Waals surface area contributed by atoms with Gasteiger partial charge in [0.25, 0.3) is 5.91 Å². The quantitative estimate of drug-likeness (QED) is 0.700. The van der Waals surface area contributed by atoms with Gasteiger partial charge < -0.3 is 4.42 Å². The van der Waals surface area contributed by atoms with Crippen molar-refractivity contribution in [3.8, 4) is 0 Å². The third kappa shape index (κ3) is 3.78. The molecule has 2 aromatic heterocycles. The number of nitrogens with one attached hydrogen (secondary N) is 1. The van der Waals surface area contributed by atoms with Crippen molar-refractivity contribution in [3.05, 3.63) is 54.2 Å². The lowest BCUT2D eigenvalue weighted by Crippen LogP contribution is -2.17. The first-order valence-corrected chi connectivity index (χ1v) is 8.08. The second kappa shape index (κ2) is 7.10. The van der Waals surface area contributed by atoms with E-state index in [0.29, 0.717) is 23.9 Å². The fraction of sp³-hybridized carbons (Fsp3) is 0.200. The van der Waals surface area contributed by atoms with Gasteiger partial charge in [-0.05, 0) is 25.1 Å². The van der Waals surface area contributed by atoms with E-state index in [4.69, 9.17) is 4.42 Å². The Morgan fingerprint density at radius 3 is 2.87 bits per heavy atom. The maximum absolute atomic E-state index is 12.1. The van der Waals surface area contributed by atoms with Crippen LogP contribution < -0.4 is 5.32 Å². The second-order valence-corrected chi connectivity index (χ2v) is 5.64. The zero-order valence-corrected chi connectivity index (χ0v) is 13.3. The molecule has 0 unspecified atom stereocenters. The number of hydrogen-bond donors (Lipinski definition) is 1. The molecule has 0 aliphatic carbocycles. The van der Waals surface area contributed by atoms with Crippen LogP contribution in [0.5, 0.6) is 0 Å². The van der Waals surface area contributed by atoms with Gasteiger partial charge >= 0.3 is 6.01 Å². The lowest BCUT2D eigenvalue weighted by molar-refractivity contribution is 0.101. The highest BCUT2D eigenvalue weighted by Gasteiger charge is 2.15. The number of nitrogens with zero attached hydrogens (tertiary/aromatic N) is 4. The molecule has 0 saturated heterocycles. The molecule has 0 fully saturated rings. The maximum atomic E-state index is 12.1. The molecule has 8 heteroatoms. The van der Waals surface area contributed by atoms with Crippen LogP contribution in [0.15, 0.2) is 51.9 Å². The highest BCUT2D eigenvalue weighted by atomic mass is 32.2. The number of carbonyl (C=O) groups is 1. The summed E-state index contributed by atoms with van der Waals surface area (Å²) >= 11 is 1.59. The molecule has 0 atom stereocenters. The monoisotopic (exact) mass is 329 g/mol. The lowest BCUT2D eigenvalue weighted by atomic mass is 10.4. The number of rotatable bonds is 6. The van der Waals surface area contributed by atoms with Crippen molar-refractivity contribution in [1.29, 1.82) is 0 Å². The van der Waals surface area contributed by atoms with E-state index in [1.54, 1.807) is 28.7 Å². The predicted molar refractivity (Wildman–Crippen MR) is 86.2 cm³/mol. The zero-order chi connectivity index (χ0) is 16.1. The highest BCUT2D eigenvalue weighted by Crippen LogP contribution is 2.22. The summed E-state index contributed by atoms with van der Waals surface area (Å²) in [5.74, 6) is 0.674. The van der Waals surface area contributed by atoms with Crippen molar-refractivity contribution in [2.75, 3.05) is 5.32 Å². The fourth-order valence-electron chi connectivity index (χ4n) is 1.96. The van der Waals surface area contributed by atoms with Crippen LogP contribution in [-0.4, -0.2) is 25.9 Å². The molecule has 7 nitrogen and oxygen atoms in total. The van der Waals surface area contributed by atoms with E-state index in [9.17, 15) is 4.79 Å². The van der Waals surface area contributed by atoms with E-state index in [2.05, 4.69) is 20.6 Å². The number of hydrogen-bond acceptors (Lipinski definition) is 6. The van der Waals surface area contributed by atoms with E-state index < -0.39 is 0 Å². The van der Waals surface area contributed by atoms with Crippen molar-refractivity contribution in [2.45, 2.75) is 24.1 Å². The summed E-state index contributed by atoms with van der Waals surface area (Å²) in [6.45, 7) is 2.52. The van der Waals surface area contributed by atoms with Gasteiger partial charge in [-0.1, -0.05) is 23.3 Å². The smallest absolute Gasteiger partial charge is 0.322 e. The Bertz CT molecular complexity index is 784. The van der Waals surface area contributed by atoms with Gasteiger partial charge in [0.05, 0.1) is 5.75 Å². The Balaban J connectivity index is 1.60. The Kier molecular flexibility index (Phi) is 4.72. The Hall–Kier alpha value is -2.61. The summed E-state index contributed by atoms with van der Waals surface area (Å²) < 4.78 is 7.04. The van der Waals surface area contributed by atoms with Gasteiger partial charge in [0.2, 0.25) is 5.89 Å². The molecule has 1 amide bonds. The summed E-state index contributed by atoms with van der Waals surface area (Å²) in [7, 11) is 0. The van der Waals surface area contributed by atoms with Gasteiger partial charge in [-0.3, -0.25) is 14.8 Å². The molecule has 23 heavy (non-hydrogen) atoms. The SMILES string of the molecule is CCn1nccc1C(=O)Nc1nnc(CSc2ccccc2)o1. The molecule has 0 bridgehead atoms. The van der Waals surface area contributed by atoms with E-state index in [-0.39, 0.29) is 11.9 Å². The predicted octanol–water partition coefficient (Wildman–Crippen LogP) is 2.83. The minimum Gasteiger partial charge on any atom is -0.407 e. The standard InChI is InChI=1S/C15H15N5O2S/c1-2-20-12(8-9-16-20)14(21)17-15-19-18-13(22-15)10-23-11-6-4-3-5-7-11/h3-9H,2,10H2,1H3,(H,17,19,21). The number of amides is 1. The molecule has 1 aromatic carbocycles. The van der Waals surface area contributed by atoms with Crippen LogP contribution in [0.4, 0.5) is 6.01 Å². The molecule has 0 radical (unpaired) electrons. The molecule has 0 saturated carbocycles. The summed E-state index contributed by atoms with van der Waals surface area (Å²) in [5, 5.41) is 14.4. The van der Waals surface area contributed by atoms with Crippen LogP contribution in [0, 0.1) is 0 Å². The minimum absolute atomic E-state index is 0.0857. The maximum Gasteiger partial charge on any atom is 0.322 e. The van der Waals surface area contributed by atoms with Gasteiger partial charge in [0, 0.05) is 17.6 Å².